The Kier molecular flexibility index (Phi) is 6.05. The maximum Gasteiger partial charge on any atom is 0.170 e. The van der Waals surface area contributed by atoms with Gasteiger partial charge in [0.1, 0.15) is 0 Å². The van der Waals surface area contributed by atoms with Crippen LogP contribution in [0.4, 0.5) is 0 Å². The topological polar surface area (TPSA) is 70.0 Å². The van der Waals surface area contributed by atoms with Gasteiger partial charge in [0.15, 0.2) is 40.5 Å². The van der Waals surface area contributed by atoms with Crippen molar-refractivity contribution in [3.05, 3.63) is 145 Å². The van der Waals surface area contributed by atoms with Gasteiger partial charge in [-0.05, 0) is 70.8 Å². The first-order valence-corrected chi connectivity index (χ1v) is 15.6. The van der Waals surface area contributed by atoms with Gasteiger partial charge in [-0.15, -0.1) is 0 Å². The highest BCUT2D eigenvalue weighted by molar-refractivity contribution is 5.83. The molecule has 6 heteroatoms. The maximum absolute atomic E-state index is 6.54. The van der Waals surface area contributed by atoms with Crippen LogP contribution < -0.4 is 9.47 Å². The largest absolute Gasteiger partial charge is 0.450 e. The van der Waals surface area contributed by atoms with Gasteiger partial charge in [-0.3, -0.25) is 4.98 Å². The second-order valence-corrected chi connectivity index (χ2v) is 12.3. The van der Waals surface area contributed by atoms with Gasteiger partial charge >= 0.3 is 0 Å². The molecule has 9 rings (SSSR count). The van der Waals surface area contributed by atoms with Crippen LogP contribution in [0.5, 0.6) is 23.0 Å². The Morgan fingerprint density at radius 1 is 0.447 bits per heavy atom. The minimum atomic E-state index is -0.127. The predicted molar refractivity (Wildman–Crippen MR) is 184 cm³/mol. The van der Waals surface area contributed by atoms with Crippen molar-refractivity contribution in [1.29, 1.82) is 0 Å². The molecule has 1 aliphatic carbocycles. The number of hydrogen-bond acceptors (Lipinski definition) is 6. The molecule has 3 heterocycles. The number of hydrogen-bond donors (Lipinski definition) is 0. The third-order valence-corrected chi connectivity index (χ3v) is 9.04. The zero-order chi connectivity index (χ0) is 31.5. The summed E-state index contributed by atoms with van der Waals surface area (Å²) >= 11 is 0. The lowest BCUT2D eigenvalue weighted by molar-refractivity contribution is 0.359. The summed E-state index contributed by atoms with van der Waals surface area (Å²) < 4.78 is 13.0. The molecule has 0 fully saturated rings. The molecule has 2 aliphatic rings. The molecule has 0 saturated carbocycles. The van der Waals surface area contributed by atoms with Crippen molar-refractivity contribution in [3.8, 4) is 79.5 Å². The summed E-state index contributed by atoms with van der Waals surface area (Å²) in [5.41, 5.74) is 9.27. The van der Waals surface area contributed by atoms with Crippen LogP contribution in [0, 0.1) is 0 Å². The molecule has 6 nitrogen and oxygen atoms in total. The Bertz CT molecular complexity index is 2340. The summed E-state index contributed by atoms with van der Waals surface area (Å²) in [6.45, 7) is 4.52. The molecular formula is C41H28N4O2. The fraction of sp³-hybridized carbons (Fsp3) is 0.0732. The average molecular weight is 609 g/mol. The number of ether oxygens (including phenoxy) is 2. The van der Waals surface area contributed by atoms with Crippen LogP contribution >= 0.6 is 0 Å². The van der Waals surface area contributed by atoms with E-state index < -0.39 is 0 Å². The van der Waals surface area contributed by atoms with Crippen molar-refractivity contribution in [3.63, 3.8) is 0 Å². The van der Waals surface area contributed by atoms with Crippen LogP contribution in [0.1, 0.15) is 25.0 Å². The second kappa shape index (κ2) is 10.5. The zero-order valence-electron chi connectivity index (χ0n) is 25.8. The van der Waals surface area contributed by atoms with Crippen LogP contribution in [-0.2, 0) is 5.41 Å². The number of nitrogens with zero attached hydrogens (tertiary/aromatic N) is 4. The zero-order valence-corrected chi connectivity index (χ0v) is 25.8. The first-order valence-electron chi connectivity index (χ1n) is 15.6. The molecule has 0 bridgehead atoms. The van der Waals surface area contributed by atoms with E-state index >= 15 is 0 Å². The highest BCUT2D eigenvalue weighted by Crippen LogP contribution is 2.55. The number of pyridine rings is 1. The van der Waals surface area contributed by atoms with Crippen LogP contribution in [0.15, 0.2) is 134 Å². The Labute approximate surface area is 272 Å². The average Bonchev–Trinajstić information content (AvgIpc) is 3.35. The van der Waals surface area contributed by atoms with Crippen LogP contribution in [0.3, 0.4) is 0 Å². The van der Waals surface area contributed by atoms with Crippen molar-refractivity contribution in [1.82, 2.24) is 19.9 Å². The van der Waals surface area contributed by atoms with Gasteiger partial charge in [0.2, 0.25) is 0 Å². The van der Waals surface area contributed by atoms with E-state index in [1.807, 2.05) is 84.9 Å². The molecule has 0 N–H and O–H groups in total. The summed E-state index contributed by atoms with van der Waals surface area (Å²) in [7, 11) is 0. The fourth-order valence-corrected chi connectivity index (χ4v) is 6.62. The fourth-order valence-electron chi connectivity index (χ4n) is 6.62. The van der Waals surface area contributed by atoms with Crippen molar-refractivity contribution < 1.29 is 9.47 Å². The van der Waals surface area contributed by atoms with Crippen molar-refractivity contribution >= 4 is 0 Å². The Morgan fingerprint density at radius 3 is 1.89 bits per heavy atom. The molecule has 0 atom stereocenters. The van der Waals surface area contributed by atoms with Crippen LogP contribution in [-0.4, -0.2) is 19.9 Å². The highest BCUT2D eigenvalue weighted by atomic mass is 16.6. The molecule has 7 aromatic rings. The summed E-state index contributed by atoms with van der Waals surface area (Å²) in [6, 6.07) is 42.6. The summed E-state index contributed by atoms with van der Waals surface area (Å²) in [5, 5.41) is 0. The number of aromatic nitrogens is 4. The van der Waals surface area contributed by atoms with E-state index in [1.165, 1.54) is 22.3 Å². The molecule has 5 aromatic carbocycles. The second-order valence-electron chi connectivity index (χ2n) is 12.3. The van der Waals surface area contributed by atoms with E-state index in [4.69, 9.17) is 24.4 Å². The van der Waals surface area contributed by atoms with Gasteiger partial charge in [0.05, 0.1) is 5.69 Å². The standard InChI is InChI=1S/C41H28N4O2/c1-41(2)31-16-7-6-15-29(31)30-23-36-37(24-32(30)41)46-34-19-18-28(22-35(34)47-36)40-44-38(25-11-4-3-5-12-25)43-39(45-40)27-14-10-13-26(21-27)33-17-8-9-20-42-33/h3-24H,1-2H3. The SMILES string of the molecule is CC1(C)c2ccccc2-c2cc3c(cc21)Oc1ccc(-c2nc(-c4ccccc4)nc(-c4cccc(-c5ccccn5)c4)n2)cc1O3. The molecule has 1 aliphatic heterocycles. The highest BCUT2D eigenvalue weighted by Gasteiger charge is 2.37. The Morgan fingerprint density at radius 2 is 1.09 bits per heavy atom. The van der Waals surface area contributed by atoms with Crippen molar-refractivity contribution in [2.24, 2.45) is 0 Å². The lowest BCUT2D eigenvalue weighted by Gasteiger charge is -2.25. The number of benzene rings is 5. The Hall–Kier alpha value is -6.14. The number of fused-ring (bicyclic) bond motifs is 5. The molecule has 0 spiro atoms. The monoisotopic (exact) mass is 608 g/mol. The van der Waals surface area contributed by atoms with E-state index in [-0.39, 0.29) is 5.41 Å². The molecule has 0 amide bonds. The molecule has 0 radical (unpaired) electrons. The first-order chi connectivity index (χ1) is 23.0. The first kappa shape index (κ1) is 27.2. The van der Waals surface area contributed by atoms with Gasteiger partial charge in [-0.2, -0.15) is 0 Å². The third-order valence-electron chi connectivity index (χ3n) is 9.04. The third kappa shape index (κ3) is 4.57. The number of rotatable bonds is 4. The van der Waals surface area contributed by atoms with Gasteiger partial charge in [0, 0.05) is 33.9 Å². The van der Waals surface area contributed by atoms with E-state index in [0.717, 1.165) is 27.9 Å². The maximum atomic E-state index is 6.54. The normalized spacial score (nSPS) is 13.4. The smallest absolute Gasteiger partial charge is 0.170 e. The summed E-state index contributed by atoms with van der Waals surface area (Å²) in [5.74, 6) is 4.37. The van der Waals surface area contributed by atoms with Gasteiger partial charge in [0.25, 0.3) is 0 Å². The van der Waals surface area contributed by atoms with Gasteiger partial charge in [-0.1, -0.05) is 92.7 Å². The molecule has 0 saturated heterocycles. The van der Waals surface area contributed by atoms with E-state index in [1.54, 1.807) is 6.20 Å². The summed E-state index contributed by atoms with van der Waals surface area (Å²) in [4.78, 5) is 19.4. The Balaban J connectivity index is 1.13. The summed E-state index contributed by atoms with van der Waals surface area (Å²) in [6.07, 6.45) is 1.80. The minimum Gasteiger partial charge on any atom is -0.450 e. The lowest BCUT2D eigenvalue weighted by Crippen LogP contribution is -2.15. The van der Waals surface area contributed by atoms with Crippen LogP contribution in [0.25, 0.3) is 56.5 Å². The molecule has 224 valence electrons. The molecule has 47 heavy (non-hydrogen) atoms. The lowest BCUT2D eigenvalue weighted by atomic mass is 9.82. The minimum absolute atomic E-state index is 0.127. The molecular weight excluding hydrogens is 580 g/mol. The van der Waals surface area contributed by atoms with Gasteiger partial charge in [-0.25, -0.2) is 15.0 Å². The quantitative estimate of drug-likeness (QED) is 0.198. The predicted octanol–water partition coefficient (Wildman–Crippen LogP) is 10.1. The van der Waals surface area contributed by atoms with Crippen molar-refractivity contribution in [2.75, 3.05) is 0 Å². The van der Waals surface area contributed by atoms with Crippen LogP contribution in [0.2, 0.25) is 0 Å². The molecule has 2 aromatic heterocycles. The van der Waals surface area contributed by atoms with E-state index in [0.29, 0.717) is 40.5 Å². The van der Waals surface area contributed by atoms with E-state index in [2.05, 4.69) is 61.3 Å². The molecule has 0 unspecified atom stereocenters. The van der Waals surface area contributed by atoms with Crippen molar-refractivity contribution in [2.45, 2.75) is 19.3 Å². The van der Waals surface area contributed by atoms with Gasteiger partial charge < -0.3 is 9.47 Å². The van der Waals surface area contributed by atoms with E-state index in [9.17, 15) is 0 Å².